The number of pyridine rings is 1. The van der Waals surface area contributed by atoms with Gasteiger partial charge in [-0.15, -0.1) is 0 Å². The van der Waals surface area contributed by atoms with Gasteiger partial charge in [0.15, 0.2) is 6.29 Å². The molecule has 0 saturated carbocycles. The molecular formula is C15H16N6O. The lowest BCUT2D eigenvalue weighted by atomic mass is 10.2. The van der Waals surface area contributed by atoms with Crippen molar-refractivity contribution >= 4 is 34.6 Å². The molecule has 0 amide bonds. The lowest BCUT2D eigenvalue weighted by Crippen LogP contribution is -2.00. The molecule has 0 aliphatic carbocycles. The molecule has 0 aromatic carbocycles. The summed E-state index contributed by atoms with van der Waals surface area (Å²) in [5, 5.41) is 3.88. The molecule has 7 nitrogen and oxygen atoms in total. The van der Waals surface area contributed by atoms with E-state index in [0.29, 0.717) is 17.2 Å². The molecule has 3 heterocycles. The number of aromatic nitrogens is 4. The molecule has 112 valence electrons. The molecule has 0 spiro atoms. The van der Waals surface area contributed by atoms with E-state index < -0.39 is 0 Å². The zero-order chi connectivity index (χ0) is 15.7. The van der Waals surface area contributed by atoms with Crippen molar-refractivity contribution in [3.8, 4) is 0 Å². The predicted molar refractivity (Wildman–Crippen MR) is 85.2 cm³/mol. The molecule has 3 N–H and O–H groups in total. The Morgan fingerprint density at radius 3 is 2.86 bits per heavy atom. The Labute approximate surface area is 127 Å². The molecule has 0 fully saturated rings. The number of nitrogens with zero attached hydrogens (tertiary/aromatic N) is 4. The largest absolute Gasteiger partial charge is 0.383 e. The van der Waals surface area contributed by atoms with Crippen molar-refractivity contribution in [2.45, 2.75) is 19.9 Å². The predicted octanol–water partition coefficient (Wildman–Crippen LogP) is 2.55. The van der Waals surface area contributed by atoms with Crippen LogP contribution in [-0.2, 0) is 0 Å². The Balaban J connectivity index is 2.17. The smallest absolute Gasteiger partial charge is 0.153 e. The van der Waals surface area contributed by atoms with Gasteiger partial charge in [0.1, 0.15) is 23.6 Å². The highest BCUT2D eigenvalue weighted by Gasteiger charge is 2.16. The van der Waals surface area contributed by atoms with E-state index in [1.54, 1.807) is 18.3 Å². The third-order valence-electron chi connectivity index (χ3n) is 3.41. The van der Waals surface area contributed by atoms with E-state index in [-0.39, 0.29) is 6.04 Å². The molecule has 0 bridgehead atoms. The summed E-state index contributed by atoms with van der Waals surface area (Å²) in [4.78, 5) is 23.7. The minimum atomic E-state index is 0.210. The van der Waals surface area contributed by atoms with Gasteiger partial charge in [0.2, 0.25) is 0 Å². The highest BCUT2D eigenvalue weighted by Crippen LogP contribution is 2.32. The first-order valence-electron chi connectivity index (χ1n) is 6.90. The fraction of sp³-hybridized carbons (Fsp3) is 0.200. The molecule has 7 heteroatoms. The molecule has 0 aliphatic rings. The third-order valence-corrected chi connectivity index (χ3v) is 3.41. The van der Waals surface area contributed by atoms with E-state index in [4.69, 9.17) is 5.73 Å². The van der Waals surface area contributed by atoms with Crippen molar-refractivity contribution in [3.05, 3.63) is 36.4 Å². The fourth-order valence-corrected chi connectivity index (χ4v) is 2.34. The number of rotatable bonds is 4. The van der Waals surface area contributed by atoms with Gasteiger partial charge >= 0.3 is 0 Å². The Morgan fingerprint density at radius 1 is 1.32 bits per heavy atom. The molecule has 0 saturated heterocycles. The number of nitrogens with two attached hydrogens (primary N) is 1. The SMILES string of the molecule is CC(C)n1cc(Nc2ncccc2C=O)c2c(N)ncnc21. The van der Waals surface area contributed by atoms with Crippen LogP contribution in [0, 0.1) is 0 Å². The highest BCUT2D eigenvalue weighted by molar-refractivity contribution is 6.00. The Hall–Kier alpha value is -2.96. The van der Waals surface area contributed by atoms with E-state index in [2.05, 4.69) is 34.1 Å². The summed E-state index contributed by atoms with van der Waals surface area (Å²) < 4.78 is 2.00. The summed E-state index contributed by atoms with van der Waals surface area (Å²) in [5.41, 5.74) is 7.95. The van der Waals surface area contributed by atoms with E-state index in [9.17, 15) is 4.79 Å². The first-order valence-corrected chi connectivity index (χ1v) is 6.90. The summed E-state index contributed by atoms with van der Waals surface area (Å²) in [6, 6.07) is 3.62. The minimum absolute atomic E-state index is 0.210. The van der Waals surface area contributed by atoms with Crippen LogP contribution in [0.1, 0.15) is 30.2 Å². The van der Waals surface area contributed by atoms with E-state index in [1.165, 1.54) is 6.33 Å². The van der Waals surface area contributed by atoms with Crippen LogP contribution in [-0.4, -0.2) is 25.8 Å². The zero-order valence-electron chi connectivity index (χ0n) is 12.3. The number of carbonyl (C=O) groups excluding carboxylic acids is 1. The summed E-state index contributed by atoms with van der Waals surface area (Å²) >= 11 is 0. The van der Waals surface area contributed by atoms with Gasteiger partial charge in [0, 0.05) is 18.4 Å². The molecule has 3 aromatic rings. The number of hydrogen-bond donors (Lipinski definition) is 2. The average molecular weight is 296 g/mol. The van der Waals surface area contributed by atoms with Crippen molar-refractivity contribution in [1.82, 2.24) is 19.5 Å². The van der Waals surface area contributed by atoms with Crippen LogP contribution in [0.15, 0.2) is 30.9 Å². The Bertz CT molecular complexity index is 839. The highest BCUT2D eigenvalue weighted by atomic mass is 16.1. The van der Waals surface area contributed by atoms with Gasteiger partial charge in [-0.25, -0.2) is 15.0 Å². The maximum Gasteiger partial charge on any atom is 0.153 e. The Kier molecular flexibility index (Phi) is 3.46. The van der Waals surface area contributed by atoms with Crippen molar-refractivity contribution in [1.29, 1.82) is 0 Å². The van der Waals surface area contributed by atoms with Gasteiger partial charge < -0.3 is 15.6 Å². The number of nitrogens with one attached hydrogen (secondary N) is 1. The van der Waals surface area contributed by atoms with Gasteiger partial charge in [-0.3, -0.25) is 4.79 Å². The van der Waals surface area contributed by atoms with Crippen molar-refractivity contribution in [2.75, 3.05) is 11.1 Å². The third kappa shape index (κ3) is 2.26. The van der Waals surface area contributed by atoms with Gasteiger partial charge in [0.25, 0.3) is 0 Å². The number of carbonyl (C=O) groups is 1. The normalized spacial score (nSPS) is 11.0. The van der Waals surface area contributed by atoms with Crippen molar-refractivity contribution in [2.24, 2.45) is 0 Å². The second-order valence-corrected chi connectivity index (χ2v) is 5.19. The number of aldehydes is 1. The second kappa shape index (κ2) is 5.44. The lowest BCUT2D eigenvalue weighted by molar-refractivity contribution is 0.112. The molecular weight excluding hydrogens is 280 g/mol. The van der Waals surface area contributed by atoms with Crippen LogP contribution in [0.25, 0.3) is 11.0 Å². The number of fused-ring (bicyclic) bond motifs is 1. The lowest BCUT2D eigenvalue weighted by Gasteiger charge is -2.07. The quantitative estimate of drug-likeness (QED) is 0.718. The molecule has 3 rings (SSSR count). The maximum absolute atomic E-state index is 11.1. The first kappa shape index (κ1) is 14.0. The first-order chi connectivity index (χ1) is 10.6. The van der Waals surface area contributed by atoms with Crippen LogP contribution >= 0.6 is 0 Å². The van der Waals surface area contributed by atoms with Crippen molar-refractivity contribution in [3.63, 3.8) is 0 Å². The van der Waals surface area contributed by atoms with Gasteiger partial charge in [-0.1, -0.05) is 0 Å². The van der Waals surface area contributed by atoms with Gasteiger partial charge in [-0.2, -0.15) is 0 Å². The standard InChI is InChI=1S/C15H16N6O/c1-9(2)21-6-11(12-13(16)18-8-19-15(12)21)20-14-10(7-22)4-3-5-17-14/h3-9H,1-2H3,(H,17,20)(H2,16,18,19). The summed E-state index contributed by atoms with van der Waals surface area (Å²) in [5.74, 6) is 0.860. The van der Waals surface area contributed by atoms with E-state index in [1.807, 2.05) is 10.8 Å². The second-order valence-electron chi connectivity index (χ2n) is 5.19. The van der Waals surface area contributed by atoms with Gasteiger partial charge in [-0.05, 0) is 26.0 Å². The van der Waals surface area contributed by atoms with Gasteiger partial charge in [0.05, 0.1) is 16.6 Å². The fourth-order valence-electron chi connectivity index (χ4n) is 2.34. The van der Waals surface area contributed by atoms with Crippen LogP contribution in [0.5, 0.6) is 0 Å². The summed E-state index contributed by atoms with van der Waals surface area (Å²) in [7, 11) is 0. The molecule has 0 unspecified atom stereocenters. The molecule has 22 heavy (non-hydrogen) atoms. The monoisotopic (exact) mass is 296 g/mol. The zero-order valence-corrected chi connectivity index (χ0v) is 12.3. The van der Waals surface area contributed by atoms with Crippen molar-refractivity contribution < 1.29 is 4.79 Å². The average Bonchev–Trinajstić information content (AvgIpc) is 2.88. The number of anilines is 3. The topological polar surface area (TPSA) is 98.7 Å². The Morgan fingerprint density at radius 2 is 2.14 bits per heavy atom. The molecule has 0 aliphatic heterocycles. The summed E-state index contributed by atoms with van der Waals surface area (Å²) in [6.45, 7) is 4.11. The molecule has 0 radical (unpaired) electrons. The molecule has 3 aromatic heterocycles. The number of nitrogen functional groups attached to an aromatic ring is 1. The number of hydrogen-bond acceptors (Lipinski definition) is 6. The van der Waals surface area contributed by atoms with E-state index >= 15 is 0 Å². The van der Waals surface area contributed by atoms with Crippen LogP contribution in [0.4, 0.5) is 17.3 Å². The van der Waals surface area contributed by atoms with E-state index in [0.717, 1.165) is 23.0 Å². The maximum atomic E-state index is 11.1. The van der Waals surface area contributed by atoms with Crippen LogP contribution in [0.3, 0.4) is 0 Å². The summed E-state index contributed by atoms with van der Waals surface area (Å²) in [6.07, 6.45) is 5.73. The van der Waals surface area contributed by atoms with Crippen LogP contribution < -0.4 is 11.1 Å². The van der Waals surface area contributed by atoms with Crippen LogP contribution in [0.2, 0.25) is 0 Å². The minimum Gasteiger partial charge on any atom is -0.383 e. The molecule has 0 atom stereocenters.